The maximum absolute atomic E-state index is 5.84. The Bertz CT molecular complexity index is 465. The molecule has 0 aromatic carbocycles. The minimum absolute atomic E-state index is 0. The molecule has 1 aliphatic carbocycles. The first-order chi connectivity index (χ1) is 8.72. The SMILES string of the molecule is Cc1nnc2n1CC(CN=C(N)NC1CC1)CC2.I. The third-order valence-electron chi connectivity index (χ3n) is 3.68. The Hall–Kier alpha value is -0.860. The number of halogens is 1. The lowest BCUT2D eigenvalue weighted by Crippen LogP contribution is -2.34. The lowest BCUT2D eigenvalue weighted by molar-refractivity contribution is 0.370. The van der Waals surface area contributed by atoms with E-state index in [0.29, 0.717) is 17.9 Å². The fourth-order valence-electron chi connectivity index (χ4n) is 2.39. The van der Waals surface area contributed by atoms with Crippen molar-refractivity contribution in [2.24, 2.45) is 16.6 Å². The van der Waals surface area contributed by atoms with Crippen LogP contribution < -0.4 is 11.1 Å². The summed E-state index contributed by atoms with van der Waals surface area (Å²) in [6.45, 7) is 3.77. The number of guanidine groups is 1. The highest BCUT2D eigenvalue weighted by Crippen LogP contribution is 2.20. The average Bonchev–Trinajstić information content (AvgIpc) is 3.10. The van der Waals surface area contributed by atoms with Crippen LogP contribution in [0.25, 0.3) is 0 Å². The number of rotatable bonds is 3. The zero-order chi connectivity index (χ0) is 12.5. The van der Waals surface area contributed by atoms with Crippen molar-refractivity contribution in [2.45, 2.75) is 45.2 Å². The van der Waals surface area contributed by atoms with Gasteiger partial charge in [0.2, 0.25) is 0 Å². The first-order valence-electron chi connectivity index (χ1n) is 6.67. The lowest BCUT2D eigenvalue weighted by Gasteiger charge is -2.22. The Balaban J connectivity index is 0.00000133. The second-order valence-corrected chi connectivity index (χ2v) is 5.32. The smallest absolute Gasteiger partial charge is 0.188 e. The molecular formula is C12H21IN6. The maximum atomic E-state index is 5.84. The van der Waals surface area contributed by atoms with Crippen molar-refractivity contribution in [1.82, 2.24) is 20.1 Å². The van der Waals surface area contributed by atoms with Crippen LogP contribution in [0.3, 0.4) is 0 Å². The molecule has 0 bridgehead atoms. The van der Waals surface area contributed by atoms with E-state index in [1.165, 1.54) is 12.8 Å². The molecule has 19 heavy (non-hydrogen) atoms. The molecule has 1 aromatic rings. The van der Waals surface area contributed by atoms with Crippen LogP contribution in [-0.4, -0.2) is 33.3 Å². The number of hydrogen-bond acceptors (Lipinski definition) is 3. The summed E-state index contributed by atoms with van der Waals surface area (Å²) < 4.78 is 2.20. The molecule has 1 aromatic heterocycles. The van der Waals surface area contributed by atoms with Crippen LogP contribution in [0.1, 0.15) is 30.9 Å². The second kappa shape index (κ2) is 6.06. The number of fused-ring (bicyclic) bond motifs is 1. The monoisotopic (exact) mass is 376 g/mol. The quantitative estimate of drug-likeness (QED) is 0.465. The largest absolute Gasteiger partial charge is 0.370 e. The summed E-state index contributed by atoms with van der Waals surface area (Å²) in [5.74, 6) is 3.26. The van der Waals surface area contributed by atoms with Crippen LogP contribution in [0.4, 0.5) is 0 Å². The average molecular weight is 376 g/mol. The minimum atomic E-state index is 0. The lowest BCUT2D eigenvalue weighted by atomic mass is 9.99. The van der Waals surface area contributed by atoms with E-state index in [0.717, 1.165) is 37.6 Å². The van der Waals surface area contributed by atoms with E-state index in [1.54, 1.807) is 0 Å². The van der Waals surface area contributed by atoms with Crippen molar-refractivity contribution in [3.05, 3.63) is 11.6 Å². The third kappa shape index (κ3) is 3.58. The van der Waals surface area contributed by atoms with Crippen LogP contribution >= 0.6 is 24.0 Å². The van der Waals surface area contributed by atoms with Gasteiger partial charge in [-0.05, 0) is 32.1 Å². The van der Waals surface area contributed by atoms with Gasteiger partial charge in [0, 0.05) is 25.6 Å². The van der Waals surface area contributed by atoms with E-state index < -0.39 is 0 Å². The number of nitrogens with two attached hydrogens (primary N) is 1. The van der Waals surface area contributed by atoms with Gasteiger partial charge in [0.05, 0.1) is 0 Å². The highest BCUT2D eigenvalue weighted by molar-refractivity contribution is 14.0. The van der Waals surface area contributed by atoms with Gasteiger partial charge in [0.1, 0.15) is 11.6 Å². The van der Waals surface area contributed by atoms with Crippen molar-refractivity contribution in [3.8, 4) is 0 Å². The molecule has 2 aliphatic rings. The van der Waals surface area contributed by atoms with Crippen LogP contribution in [0.2, 0.25) is 0 Å². The van der Waals surface area contributed by atoms with Crippen molar-refractivity contribution in [2.75, 3.05) is 6.54 Å². The molecule has 1 unspecified atom stereocenters. The van der Waals surface area contributed by atoms with E-state index >= 15 is 0 Å². The number of aliphatic imine (C=N–C) groups is 1. The molecular weight excluding hydrogens is 355 g/mol. The highest BCUT2D eigenvalue weighted by atomic mass is 127. The molecule has 106 valence electrons. The van der Waals surface area contributed by atoms with E-state index in [2.05, 4.69) is 25.1 Å². The summed E-state index contributed by atoms with van der Waals surface area (Å²) in [5.41, 5.74) is 5.84. The molecule has 6 nitrogen and oxygen atoms in total. The molecule has 3 rings (SSSR count). The van der Waals surface area contributed by atoms with Gasteiger partial charge < -0.3 is 15.6 Å². The Morgan fingerprint density at radius 2 is 2.21 bits per heavy atom. The van der Waals surface area contributed by atoms with Gasteiger partial charge >= 0.3 is 0 Å². The van der Waals surface area contributed by atoms with Crippen molar-refractivity contribution < 1.29 is 0 Å². The number of nitrogens with zero attached hydrogens (tertiary/aromatic N) is 4. The van der Waals surface area contributed by atoms with E-state index in [-0.39, 0.29) is 24.0 Å². The third-order valence-corrected chi connectivity index (χ3v) is 3.68. The first-order valence-corrected chi connectivity index (χ1v) is 6.67. The van der Waals surface area contributed by atoms with E-state index in [4.69, 9.17) is 5.73 Å². The predicted molar refractivity (Wildman–Crippen MR) is 84.6 cm³/mol. The fourth-order valence-corrected chi connectivity index (χ4v) is 2.39. The molecule has 7 heteroatoms. The van der Waals surface area contributed by atoms with E-state index in [9.17, 15) is 0 Å². The summed E-state index contributed by atoms with van der Waals surface area (Å²) >= 11 is 0. The number of hydrogen-bond donors (Lipinski definition) is 2. The standard InChI is InChI=1S/C12H20N6.HI/c1-8-16-17-11-5-2-9(7-18(8)11)6-14-12(13)15-10-3-4-10;/h9-10H,2-7H2,1H3,(H3,13,14,15);1H. The molecule has 1 aliphatic heterocycles. The van der Waals surface area contributed by atoms with Gasteiger partial charge in [0.15, 0.2) is 5.96 Å². The van der Waals surface area contributed by atoms with Gasteiger partial charge in [-0.3, -0.25) is 4.99 Å². The van der Waals surface area contributed by atoms with Crippen LogP contribution in [-0.2, 0) is 13.0 Å². The molecule has 2 heterocycles. The number of aryl methyl sites for hydroxylation is 2. The maximum Gasteiger partial charge on any atom is 0.188 e. The van der Waals surface area contributed by atoms with Gasteiger partial charge in [0.25, 0.3) is 0 Å². The molecule has 0 amide bonds. The summed E-state index contributed by atoms with van der Waals surface area (Å²) in [7, 11) is 0. The molecule has 1 atom stereocenters. The summed E-state index contributed by atoms with van der Waals surface area (Å²) in [6, 6.07) is 0.576. The number of nitrogens with one attached hydrogen (secondary N) is 1. The van der Waals surface area contributed by atoms with Gasteiger partial charge in [-0.15, -0.1) is 34.2 Å². The van der Waals surface area contributed by atoms with Crippen LogP contribution in [0, 0.1) is 12.8 Å². The van der Waals surface area contributed by atoms with Crippen LogP contribution in [0.15, 0.2) is 4.99 Å². The normalized spacial score (nSPS) is 22.6. The molecule has 0 saturated heterocycles. The zero-order valence-electron chi connectivity index (χ0n) is 11.2. The Kier molecular flexibility index (Phi) is 4.64. The Morgan fingerprint density at radius 3 is 2.95 bits per heavy atom. The second-order valence-electron chi connectivity index (χ2n) is 5.32. The van der Waals surface area contributed by atoms with Crippen LogP contribution in [0.5, 0.6) is 0 Å². The summed E-state index contributed by atoms with van der Waals surface area (Å²) in [4.78, 5) is 4.44. The van der Waals surface area contributed by atoms with Gasteiger partial charge in [-0.2, -0.15) is 0 Å². The van der Waals surface area contributed by atoms with Gasteiger partial charge in [-0.1, -0.05) is 0 Å². The topological polar surface area (TPSA) is 81.1 Å². The van der Waals surface area contributed by atoms with Crippen molar-refractivity contribution in [3.63, 3.8) is 0 Å². The number of aromatic nitrogens is 3. The molecule has 1 fully saturated rings. The molecule has 1 saturated carbocycles. The first kappa shape index (κ1) is 14.5. The Labute approximate surface area is 130 Å². The molecule has 3 N–H and O–H groups in total. The van der Waals surface area contributed by atoms with E-state index in [1.807, 2.05) is 6.92 Å². The molecule has 0 spiro atoms. The minimum Gasteiger partial charge on any atom is -0.370 e. The van der Waals surface area contributed by atoms with Crippen molar-refractivity contribution >= 4 is 29.9 Å². The Morgan fingerprint density at radius 1 is 1.42 bits per heavy atom. The fraction of sp³-hybridized carbons (Fsp3) is 0.750. The predicted octanol–water partition coefficient (Wildman–Crippen LogP) is 0.834. The summed E-state index contributed by atoms with van der Waals surface area (Å²) in [5, 5.41) is 11.5. The summed E-state index contributed by atoms with van der Waals surface area (Å²) in [6.07, 6.45) is 4.57. The highest BCUT2D eigenvalue weighted by Gasteiger charge is 2.23. The van der Waals surface area contributed by atoms with Crippen molar-refractivity contribution in [1.29, 1.82) is 0 Å². The molecule has 0 radical (unpaired) electrons. The zero-order valence-corrected chi connectivity index (χ0v) is 13.5. The van der Waals surface area contributed by atoms with Gasteiger partial charge in [-0.25, -0.2) is 0 Å².